The Morgan fingerprint density at radius 2 is 2.30 bits per heavy atom. The van der Waals surface area contributed by atoms with Crippen LogP contribution in [-0.2, 0) is 6.54 Å². The first kappa shape index (κ1) is 15.5. The van der Waals surface area contributed by atoms with Crippen molar-refractivity contribution in [3.05, 3.63) is 41.4 Å². The second-order valence-corrected chi connectivity index (χ2v) is 6.60. The molecule has 0 spiro atoms. The molecule has 0 atom stereocenters. The SMILES string of the molecule is Cc1oc(-c2cccs2)nc1C(=O)Nc1nccn1CC(C)C. The topological polar surface area (TPSA) is 73.0 Å². The molecule has 23 heavy (non-hydrogen) atoms. The van der Waals surface area contributed by atoms with E-state index in [1.54, 1.807) is 13.1 Å². The Morgan fingerprint density at radius 1 is 1.48 bits per heavy atom. The van der Waals surface area contributed by atoms with Crippen molar-refractivity contribution in [2.24, 2.45) is 5.92 Å². The van der Waals surface area contributed by atoms with Gasteiger partial charge in [0.2, 0.25) is 11.8 Å². The van der Waals surface area contributed by atoms with Crippen LogP contribution in [0.15, 0.2) is 34.3 Å². The molecule has 7 heteroatoms. The second-order valence-electron chi connectivity index (χ2n) is 5.65. The number of rotatable bonds is 5. The van der Waals surface area contributed by atoms with Crippen molar-refractivity contribution in [1.29, 1.82) is 0 Å². The number of oxazole rings is 1. The van der Waals surface area contributed by atoms with Crippen LogP contribution in [0.5, 0.6) is 0 Å². The summed E-state index contributed by atoms with van der Waals surface area (Å²) in [6, 6.07) is 3.83. The fourth-order valence-corrected chi connectivity index (χ4v) is 2.90. The van der Waals surface area contributed by atoms with Crippen molar-refractivity contribution in [1.82, 2.24) is 14.5 Å². The number of aryl methyl sites for hydroxylation is 1. The van der Waals surface area contributed by atoms with Gasteiger partial charge in [0.25, 0.3) is 5.91 Å². The van der Waals surface area contributed by atoms with Gasteiger partial charge in [0.15, 0.2) is 5.69 Å². The number of thiophene rings is 1. The quantitative estimate of drug-likeness (QED) is 0.772. The highest BCUT2D eigenvalue weighted by atomic mass is 32.1. The van der Waals surface area contributed by atoms with Crippen molar-refractivity contribution < 1.29 is 9.21 Å². The minimum absolute atomic E-state index is 0.285. The highest BCUT2D eigenvalue weighted by Gasteiger charge is 2.20. The Hall–Kier alpha value is -2.41. The number of hydrogen-bond acceptors (Lipinski definition) is 5. The summed E-state index contributed by atoms with van der Waals surface area (Å²) in [5.41, 5.74) is 0.285. The van der Waals surface area contributed by atoms with Gasteiger partial charge in [0.05, 0.1) is 4.88 Å². The number of anilines is 1. The van der Waals surface area contributed by atoms with Gasteiger partial charge in [-0.3, -0.25) is 10.1 Å². The zero-order valence-corrected chi connectivity index (χ0v) is 14.1. The maximum atomic E-state index is 12.5. The third kappa shape index (κ3) is 3.34. The first-order chi connectivity index (χ1) is 11.0. The van der Waals surface area contributed by atoms with Gasteiger partial charge in [-0.05, 0) is 24.3 Å². The fraction of sp³-hybridized carbons (Fsp3) is 0.312. The number of nitrogens with one attached hydrogen (secondary N) is 1. The molecule has 0 aliphatic rings. The van der Waals surface area contributed by atoms with E-state index in [1.165, 1.54) is 11.3 Å². The van der Waals surface area contributed by atoms with Crippen molar-refractivity contribution in [2.75, 3.05) is 5.32 Å². The number of carbonyl (C=O) groups excluding carboxylic acids is 1. The molecular weight excluding hydrogens is 312 g/mol. The molecule has 0 aromatic carbocycles. The number of carbonyl (C=O) groups is 1. The number of amides is 1. The first-order valence-electron chi connectivity index (χ1n) is 7.38. The molecule has 0 fully saturated rings. The molecule has 6 nitrogen and oxygen atoms in total. The van der Waals surface area contributed by atoms with Crippen LogP contribution in [0, 0.1) is 12.8 Å². The number of aromatic nitrogens is 3. The van der Waals surface area contributed by atoms with Gasteiger partial charge in [-0.2, -0.15) is 0 Å². The van der Waals surface area contributed by atoms with Crippen molar-refractivity contribution >= 4 is 23.2 Å². The molecule has 0 aliphatic carbocycles. The fourth-order valence-electron chi connectivity index (χ4n) is 2.25. The van der Waals surface area contributed by atoms with Crippen LogP contribution in [0.1, 0.15) is 30.1 Å². The molecule has 0 aliphatic heterocycles. The van der Waals surface area contributed by atoms with Crippen LogP contribution >= 0.6 is 11.3 Å². The monoisotopic (exact) mass is 330 g/mol. The number of imidazole rings is 1. The molecule has 1 N–H and O–H groups in total. The van der Waals surface area contributed by atoms with Gasteiger partial charge >= 0.3 is 0 Å². The average molecular weight is 330 g/mol. The molecule has 0 bridgehead atoms. The van der Waals surface area contributed by atoms with Gasteiger partial charge in [-0.1, -0.05) is 19.9 Å². The van der Waals surface area contributed by atoms with Gasteiger partial charge < -0.3 is 8.98 Å². The minimum atomic E-state index is -0.315. The summed E-state index contributed by atoms with van der Waals surface area (Å²) in [5, 5.41) is 4.75. The highest BCUT2D eigenvalue weighted by Crippen LogP contribution is 2.26. The summed E-state index contributed by atoms with van der Waals surface area (Å²) in [4.78, 5) is 21.9. The lowest BCUT2D eigenvalue weighted by atomic mass is 10.2. The van der Waals surface area contributed by atoms with Crippen LogP contribution in [0.25, 0.3) is 10.8 Å². The lowest BCUT2D eigenvalue weighted by Crippen LogP contribution is -2.18. The molecule has 1 amide bonds. The first-order valence-corrected chi connectivity index (χ1v) is 8.26. The standard InChI is InChI=1S/C16H18N4O2S/c1-10(2)9-20-7-6-17-16(20)19-14(21)13-11(3)22-15(18-13)12-5-4-8-23-12/h4-8,10H,9H2,1-3H3,(H,17,19,21). The van der Waals surface area contributed by atoms with Crippen LogP contribution < -0.4 is 5.32 Å². The third-order valence-corrected chi connectivity index (χ3v) is 4.10. The summed E-state index contributed by atoms with van der Waals surface area (Å²) in [6.45, 7) is 6.74. The predicted octanol–water partition coefficient (Wildman–Crippen LogP) is 3.82. The summed E-state index contributed by atoms with van der Waals surface area (Å²) in [5.74, 6) is 1.62. The van der Waals surface area contributed by atoms with Crippen LogP contribution in [0.2, 0.25) is 0 Å². The molecule has 0 unspecified atom stereocenters. The van der Waals surface area contributed by atoms with Crippen molar-refractivity contribution in [3.63, 3.8) is 0 Å². The molecule has 3 rings (SSSR count). The van der Waals surface area contributed by atoms with Crippen LogP contribution in [-0.4, -0.2) is 20.4 Å². The highest BCUT2D eigenvalue weighted by molar-refractivity contribution is 7.13. The summed E-state index contributed by atoms with van der Waals surface area (Å²) >= 11 is 1.52. The molecule has 3 heterocycles. The van der Waals surface area contributed by atoms with E-state index in [1.807, 2.05) is 28.3 Å². The summed E-state index contributed by atoms with van der Waals surface area (Å²) < 4.78 is 7.52. The summed E-state index contributed by atoms with van der Waals surface area (Å²) in [6.07, 6.45) is 3.52. The predicted molar refractivity (Wildman–Crippen MR) is 89.6 cm³/mol. The van der Waals surface area contributed by atoms with E-state index in [9.17, 15) is 4.79 Å². The van der Waals surface area contributed by atoms with E-state index in [0.717, 1.165) is 11.4 Å². The lowest BCUT2D eigenvalue weighted by Gasteiger charge is -2.10. The van der Waals surface area contributed by atoms with Gasteiger partial charge in [0.1, 0.15) is 5.76 Å². The summed E-state index contributed by atoms with van der Waals surface area (Å²) in [7, 11) is 0. The van der Waals surface area contributed by atoms with Crippen LogP contribution in [0.3, 0.4) is 0 Å². The molecule has 120 valence electrons. The zero-order chi connectivity index (χ0) is 16.4. The Bertz CT molecular complexity index is 802. The largest absolute Gasteiger partial charge is 0.440 e. The second kappa shape index (κ2) is 6.37. The van der Waals surface area contributed by atoms with Crippen molar-refractivity contribution in [2.45, 2.75) is 27.3 Å². The molecule has 3 aromatic rings. The van der Waals surface area contributed by atoms with Crippen molar-refractivity contribution in [3.8, 4) is 10.8 Å². The molecular formula is C16H18N4O2S. The van der Waals surface area contributed by atoms with Gasteiger partial charge in [0, 0.05) is 18.9 Å². The van der Waals surface area contributed by atoms with E-state index in [-0.39, 0.29) is 11.6 Å². The molecule has 3 aromatic heterocycles. The maximum Gasteiger partial charge on any atom is 0.280 e. The Morgan fingerprint density at radius 3 is 3.00 bits per heavy atom. The van der Waals surface area contributed by atoms with Crippen LogP contribution in [0.4, 0.5) is 5.95 Å². The van der Waals surface area contributed by atoms with E-state index >= 15 is 0 Å². The zero-order valence-electron chi connectivity index (χ0n) is 13.2. The molecule has 0 radical (unpaired) electrons. The van der Waals surface area contributed by atoms with Gasteiger partial charge in [-0.15, -0.1) is 11.3 Å². The van der Waals surface area contributed by atoms with Gasteiger partial charge in [-0.25, -0.2) is 9.97 Å². The Balaban J connectivity index is 1.80. The number of hydrogen-bond donors (Lipinski definition) is 1. The third-order valence-electron chi connectivity index (χ3n) is 3.25. The van der Waals surface area contributed by atoms with E-state index < -0.39 is 0 Å². The Kier molecular flexibility index (Phi) is 4.29. The normalized spacial score (nSPS) is 11.1. The average Bonchev–Trinajstić information content (AvgIpc) is 3.19. The van der Waals surface area contributed by atoms with E-state index in [2.05, 4.69) is 29.1 Å². The maximum absolute atomic E-state index is 12.5. The smallest absolute Gasteiger partial charge is 0.280 e. The minimum Gasteiger partial charge on any atom is -0.440 e. The van der Waals surface area contributed by atoms with E-state index in [0.29, 0.717) is 23.5 Å². The lowest BCUT2D eigenvalue weighted by molar-refractivity contribution is 0.102. The number of nitrogens with zero attached hydrogens (tertiary/aromatic N) is 3. The molecule has 0 saturated carbocycles. The molecule has 0 saturated heterocycles. The Labute approximate surface area is 138 Å². The van der Waals surface area contributed by atoms with E-state index in [4.69, 9.17) is 4.42 Å².